The molecule has 2 nitrogen and oxygen atoms in total. The van der Waals surface area contributed by atoms with E-state index in [0.717, 1.165) is 16.8 Å². The topological polar surface area (TPSA) is 24.9 Å². The first-order chi connectivity index (χ1) is 7.76. The minimum absolute atomic E-state index is 0.391. The van der Waals surface area contributed by atoms with Crippen LogP contribution in [0.15, 0.2) is 16.7 Å². The summed E-state index contributed by atoms with van der Waals surface area (Å²) in [5.74, 6) is 1.44. The van der Waals surface area contributed by atoms with Crippen molar-refractivity contribution in [1.82, 2.24) is 4.98 Å². The monoisotopic (exact) mass is 316 g/mol. The molecule has 0 bridgehead atoms. The Hall–Kier alpha value is -0.280. The summed E-state index contributed by atoms with van der Waals surface area (Å²) in [6, 6.07) is 1.86. The average Bonchev–Trinajstić information content (AvgIpc) is 2.58. The Morgan fingerprint density at radius 1 is 1.35 bits per heavy atom. The van der Waals surface area contributed by atoms with Gasteiger partial charge in [-0.15, -0.1) is 0 Å². The Morgan fingerprint density at radius 2 is 1.94 bits per heavy atom. The van der Waals surface area contributed by atoms with Gasteiger partial charge in [-0.2, -0.15) is 0 Å². The molecule has 0 spiro atoms. The molecule has 0 saturated heterocycles. The second-order valence-electron chi connectivity index (χ2n) is 5.86. The van der Waals surface area contributed by atoms with E-state index >= 15 is 0 Å². The van der Waals surface area contributed by atoms with Crippen LogP contribution in [0.3, 0.4) is 0 Å². The molecule has 0 aromatic carbocycles. The quantitative estimate of drug-likeness (QED) is 0.882. The Kier molecular flexibility index (Phi) is 3.20. The SMILES string of the molecule is CC1(C)C(CNc2ncc(Br)cc2Cl)C1(C)C. The number of nitrogens with zero attached hydrogens (tertiary/aromatic N) is 1. The van der Waals surface area contributed by atoms with Crippen LogP contribution < -0.4 is 5.32 Å². The third-order valence-electron chi connectivity index (χ3n) is 4.60. The van der Waals surface area contributed by atoms with Gasteiger partial charge in [0.2, 0.25) is 0 Å². The van der Waals surface area contributed by atoms with E-state index in [1.54, 1.807) is 6.20 Å². The third-order valence-corrected chi connectivity index (χ3v) is 5.32. The maximum absolute atomic E-state index is 6.12. The van der Waals surface area contributed by atoms with Gasteiger partial charge in [0.1, 0.15) is 5.82 Å². The lowest BCUT2D eigenvalue weighted by Crippen LogP contribution is -2.09. The predicted octanol–water partition coefficient (Wildman–Crippen LogP) is 4.59. The number of hydrogen-bond acceptors (Lipinski definition) is 2. The molecular weight excluding hydrogens is 300 g/mol. The van der Waals surface area contributed by atoms with Crippen molar-refractivity contribution in [1.29, 1.82) is 0 Å². The van der Waals surface area contributed by atoms with Gasteiger partial charge in [0, 0.05) is 17.2 Å². The van der Waals surface area contributed by atoms with Gasteiger partial charge in [-0.05, 0) is 38.7 Å². The first-order valence-electron chi connectivity index (χ1n) is 5.81. The van der Waals surface area contributed by atoms with Gasteiger partial charge in [0.25, 0.3) is 0 Å². The molecule has 17 heavy (non-hydrogen) atoms. The molecule has 1 aromatic rings. The summed E-state index contributed by atoms with van der Waals surface area (Å²) in [6.45, 7) is 10.2. The normalized spacial score (nSPS) is 21.3. The van der Waals surface area contributed by atoms with Crippen molar-refractivity contribution in [3.8, 4) is 0 Å². The smallest absolute Gasteiger partial charge is 0.144 e. The molecule has 94 valence electrons. The fourth-order valence-corrected chi connectivity index (χ4v) is 3.28. The highest BCUT2D eigenvalue weighted by Crippen LogP contribution is 2.68. The van der Waals surface area contributed by atoms with Gasteiger partial charge in [-0.25, -0.2) is 4.98 Å². The van der Waals surface area contributed by atoms with Crippen LogP contribution in [-0.4, -0.2) is 11.5 Å². The molecule has 0 atom stereocenters. The van der Waals surface area contributed by atoms with E-state index in [0.29, 0.717) is 21.8 Å². The van der Waals surface area contributed by atoms with E-state index in [2.05, 4.69) is 53.9 Å². The van der Waals surface area contributed by atoms with Crippen LogP contribution in [0.5, 0.6) is 0 Å². The van der Waals surface area contributed by atoms with E-state index in [4.69, 9.17) is 11.6 Å². The van der Waals surface area contributed by atoms with E-state index in [1.165, 1.54) is 0 Å². The highest BCUT2D eigenvalue weighted by atomic mass is 79.9. The highest BCUT2D eigenvalue weighted by Gasteiger charge is 2.64. The summed E-state index contributed by atoms with van der Waals surface area (Å²) in [6.07, 6.45) is 1.76. The minimum Gasteiger partial charge on any atom is -0.369 e. The van der Waals surface area contributed by atoms with Crippen molar-refractivity contribution < 1.29 is 0 Å². The molecule has 0 radical (unpaired) electrons. The van der Waals surface area contributed by atoms with Crippen LogP contribution in [0.1, 0.15) is 27.7 Å². The van der Waals surface area contributed by atoms with Gasteiger partial charge in [-0.1, -0.05) is 39.3 Å². The van der Waals surface area contributed by atoms with Crippen molar-refractivity contribution >= 4 is 33.3 Å². The number of anilines is 1. The molecule has 4 heteroatoms. The molecule has 1 aliphatic carbocycles. The molecule has 1 heterocycles. The number of pyridine rings is 1. The lowest BCUT2D eigenvalue weighted by molar-refractivity contribution is 0.457. The maximum Gasteiger partial charge on any atom is 0.144 e. The van der Waals surface area contributed by atoms with Crippen LogP contribution in [0.4, 0.5) is 5.82 Å². The molecule has 1 aliphatic rings. The second kappa shape index (κ2) is 4.13. The zero-order chi connectivity index (χ0) is 12.8. The van der Waals surface area contributed by atoms with Crippen LogP contribution in [0.25, 0.3) is 0 Å². The average molecular weight is 318 g/mol. The Balaban J connectivity index is 2.00. The van der Waals surface area contributed by atoms with Crippen molar-refractivity contribution in [2.45, 2.75) is 27.7 Å². The second-order valence-corrected chi connectivity index (χ2v) is 7.18. The summed E-state index contributed by atoms with van der Waals surface area (Å²) in [5, 5.41) is 4.01. The van der Waals surface area contributed by atoms with Crippen molar-refractivity contribution in [3.05, 3.63) is 21.8 Å². The summed E-state index contributed by atoms with van der Waals surface area (Å²) in [5.41, 5.74) is 0.781. The number of nitrogens with one attached hydrogen (secondary N) is 1. The molecule has 1 fully saturated rings. The predicted molar refractivity (Wildman–Crippen MR) is 76.5 cm³/mol. The van der Waals surface area contributed by atoms with Gasteiger partial charge < -0.3 is 5.32 Å². The van der Waals surface area contributed by atoms with Crippen LogP contribution >= 0.6 is 27.5 Å². The summed E-state index contributed by atoms with van der Waals surface area (Å²) < 4.78 is 0.903. The van der Waals surface area contributed by atoms with Gasteiger partial charge in [0.05, 0.1) is 5.02 Å². The molecule has 1 N–H and O–H groups in total. The van der Waals surface area contributed by atoms with Crippen molar-refractivity contribution in [2.75, 3.05) is 11.9 Å². The van der Waals surface area contributed by atoms with Crippen LogP contribution in [-0.2, 0) is 0 Å². The summed E-state index contributed by atoms with van der Waals surface area (Å²) in [4.78, 5) is 4.28. The van der Waals surface area contributed by atoms with E-state index in [9.17, 15) is 0 Å². The van der Waals surface area contributed by atoms with Crippen LogP contribution in [0, 0.1) is 16.7 Å². The van der Waals surface area contributed by atoms with Crippen molar-refractivity contribution in [3.63, 3.8) is 0 Å². The number of halogens is 2. The molecule has 2 rings (SSSR count). The van der Waals surface area contributed by atoms with E-state index in [1.807, 2.05) is 6.07 Å². The maximum atomic E-state index is 6.12. The lowest BCUT2D eigenvalue weighted by atomic mass is 10.0. The van der Waals surface area contributed by atoms with Crippen LogP contribution in [0.2, 0.25) is 5.02 Å². The fraction of sp³-hybridized carbons (Fsp3) is 0.615. The first kappa shape index (κ1) is 13.2. The highest BCUT2D eigenvalue weighted by molar-refractivity contribution is 9.10. The molecule has 1 saturated carbocycles. The van der Waals surface area contributed by atoms with E-state index in [-0.39, 0.29) is 0 Å². The zero-order valence-corrected chi connectivity index (χ0v) is 13.0. The first-order valence-corrected chi connectivity index (χ1v) is 6.99. The molecule has 0 amide bonds. The molecule has 0 unspecified atom stereocenters. The zero-order valence-electron chi connectivity index (χ0n) is 10.6. The summed E-state index contributed by atoms with van der Waals surface area (Å²) in [7, 11) is 0. The van der Waals surface area contributed by atoms with Crippen molar-refractivity contribution in [2.24, 2.45) is 16.7 Å². The third kappa shape index (κ3) is 2.19. The van der Waals surface area contributed by atoms with Gasteiger partial charge >= 0.3 is 0 Å². The number of aromatic nitrogens is 1. The van der Waals surface area contributed by atoms with E-state index < -0.39 is 0 Å². The fourth-order valence-electron chi connectivity index (χ4n) is 2.59. The Labute approximate surface area is 116 Å². The molecular formula is C13H18BrClN2. The molecule has 0 aliphatic heterocycles. The lowest BCUT2D eigenvalue weighted by Gasteiger charge is -2.08. The molecule has 1 aromatic heterocycles. The van der Waals surface area contributed by atoms with Gasteiger partial charge in [0.15, 0.2) is 0 Å². The standard InChI is InChI=1S/C13H18BrClN2/c1-12(2)10(13(12,3)4)7-17-11-9(15)5-8(14)6-16-11/h5-6,10H,7H2,1-4H3,(H,16,17). The number of rotatable bonds is 3. The summed E-state index contributed by atoms with van der Waals surface area (Å²) >= 11 is 9.47. The van der Waals surface area contributed by atoms with Gasteiger partial charge in [-0.3, -0.25) is 0 Å². The minimum atomic E-state index is 0.391. The largest absolute Gasteiger partial charge is 0.369 e. The Morgan fingerprint density at radius 3 is 2.41 bits per heavy atom. The Bertz CT molecular complexity index is 429. The number of hydrogen-bond donors (Lipinski definition) is 1.